The van der Waals surface area contributed by atoms with E-state index in [1.165, 1.54) is 5.56 Å². The fourth-order valence-electron chi connectivity index (χ4n) is 4.32. The molecule has 2 aromatic rings. The van der Waals surface area contributed by atoms with Crippen LogP contribution in [0.4, 0.5) is 5.69 Å². The molecule has 3 heterocycles. The summed E-state index contributed by atoms with van der Waals surface area (Å²) in [7, 11) is 0. The predicted octanol–water partition coefficient (Wildman–Crippen LogP) is 2.76. The number of hydrogen-bond donors (Lipinski definition) is 2. The standard InChI is InChI=1S/C21H29N5O/c1-2-26-16-17(13-23-26)15-25-10-5-8-21(9-11-25)12-20(27)22-14-18-6-3-4-7-19(18)24-21/h3-4,6-7,13,16,24H,2,5,8-12,14-15H2,1H3,(H,22,27)/t21-/m1/s1. The van der Waals surface area contributed by atoms with Gasteiger partial charge in [0, 0.05) is 55.6 Å². The van der Waals surface area contributed by atoms with Crippen LogP contribution >= 0.6 is 0 Å². The lowest BCUT2D eigenvalue weighted by Gasteiger charge is -2.37. The first kappa shape index (κ1) is 18.0. The van der Waals surface area contributed by atoms with Crippen molar-refractivity contribution < 1.29 is 4.79 Å². The largest absolute Gasteiger partial charge is 0.379 e. The van der Waals surface area contributed by atoms with Crippen LogP contribution in [0.5, 0.6) is 0 Å². The van der Waals surface area contributed by atoms with E-state index in [1.807, 2.05) is 16.9 Å². The quantitative estimate of drug-likeness (QED) is 0.876. The zero-order valence-corrected chi connectivity index (χ0v) is 16.1. The van der Waals surface area contributed by atoms with Crippen LogP contribution in [0.2, 0.25) is 0 Å². The number of anilines is 1. The third kappa shape index (κ3) is 4.16. The van der Waals surface area contributed by atoms with Crippen LogP contribution in [0.15, 0.2) is 36.7 Å². The number of rotatable bonds is 3. The van der Waals surface area contributed by atoms with Crippen LogP contribution in [-0.4, -0.2) is 39.2 Å². The molecule has 1 spiro atoms. The van der Waals surface area contributed by atoms with Gasteiger partial charge in [-0.2, -0.15) is 5.10 Å². The maximum absolute atomic E-state index is 12.5. The van der Waals surface area contributed by atoms with Gasteiger partial charge in [0.2, 0.25) is 5.91 Å². The molecule has 2 N–H and O–H groups in total. The summed E-state index contributed by atoms with van der Waals surface area (Å²) in [6.07, 6.45) is 7.73. The first-order chi connectivity index (χ1) is 13.2. The van der Waals surface area contributed by atoms with Gasteiger partial charge in [-0.1, -0.05) is 18.2 Å². The lowest BCUT2D eigenvalue weighted by atomic mass is 9.85. The Morgan fingerprint density at radius 3 is 2.96 bits per heavy atom. The topological polar surface area (TPSA) is 62.2 Å². The number of likely N-dealkylation sites (tertiary alicyclic amines) is 1. The Morgan fingerprint density at radius 2 is 2.11 bits per heavy atom. The number of amides is 1. The summed E-state index contributed by atoms with van der Waals surface area (Å²) >= 11 is 0. The molecule has 1 fully saturated rings. The highest BCUT2D eigenvalue weighted by Gasteiger charge is 2.36. The van der Waals surface area contributed by atoms with Crippen molar-refractivity contribution >= 4 is 11.6 Å². The van der Waals surface area contributed by atoms with E-state index in [4.69, 9.17) is 0 Å². The molecule has 1 saturated heterocycles. The summed E-state index contributed by atoms with van der Waals surface area (Å²) in [4.78, 5) is 15.0. The first-order valence-electron chi connectivity index (χ1n) is 10.0. The van der Waals surface area contributed by atoms with E-state index in [-0.39, 0.29) is 11.4 Å². The summed E-state index contributed by atoms with van der Waals surface area (Å²) in [5.41, 5.74) is 3.43. The zero-order valence-electron chi connectivity index (χ0n) is 16.1. The Bertz CT molecular complexity index is 801. The summed E-state index contributed by atoms with van der Waals surface area (Å²) in [5, 5.41) is 11.3. The SMILES string of the molecule is CCn1cc(CN2CCC[C@@]3(CC2)CC(=O)NCc2ccccc2N3)cn1. The van der Waals surface area contributed by atoms with Gasteiger partial charge in [0.05, 0.1) is 6.20 Å². The third-order valence-electron chi connectivity index (χ3n) is 5.85. The van der Waals surface area contributed by atoms with Crippen LogP contribution < -0.4 is 10.6 Å². The van der Waals surface area contributed by atoms with Gasteiger partial charge in [-0.05, 0) is 44.4 Å². The maximum Gasteiger partial charge on any atom is 0.222 e. The van der Waals surface area contributed by atoms with Crippen molar-refractivity contribution in [3.8, 4) is 0 Å². The highest BCUT2D eigenvalue weighted by Crippen LogP contribution is 2.33. The van der Waals surface area contributed by atoms with Crippen molar-refractivity contribution in [1.29, 1.82) is 0 Å². The molecule has 0 unspecified atom stereocenters. The van der Waals surface area contributed by atoms with Crippen molar-refractivity contribution in [1.82, 2.24) is 20.0 Å². The van der Waals surface area contributed by atoms with Gasteiger partial charge in [0.25, 0.3) is 0 Å². The number of para-hydroxylation sites is 1. The van der Waals surface area contributed by atoms with Gasteiger partial charge in [-0.3, -0.25) is 14.4 Å². The maximum atomic E-state index is 12.5. The molecule has 6 heteroatoms. The first-order valence-corrected chi connectivity index (χ1v) is 10.0. The van der Waals surface area contributed by atoms with Crippen molar-refractivity contribution in [2.45, 2.75) is 57.8 Å². The van der Waals surface area contributed by atoms with Gasteiger partial charge in [-0.25, -0.2) is 0 Å². The molecule has 27 heavy (non-hydrogen) atoms. The molecule has 0 radical (unpaired) electrons. The molecule has 1 atom stereocenters. The average Bonchev–Trinajstić information content (AvgIpc) is 3.02. The Kier molecular flexibility index (Phi) is 5.16. The van der Waals surface area contributed by atoms with E-state index in [0.717, 1.165) is 56.7 Å². The third-order valence-corrected chi connectivity index (χ3v) is 5.85. The number of aromatic nitrogens is 2. The van der Waals surface area contributed by atoms with Crippen LogP contribution in [0.1, 0.15) is 43.7 Å². The summed E-state index contributed by atoms with van der Waals surface area (Å²) in [5.74, 6) is 0.148. The predicted molar refractivity (Wildman–Crippen MR) is 106 cm³/mol. The minimum atomic E-state index is -0.164. The highest BCUT2D eigenvalue weighted by molar-refractivity contribution is 5.79. The lowest BCUT2D eigenvalue weighted by Crippen LogP contribution is -2.46. The molecule has 4 rings (SSSR count). The molecule has 144 valence electrons. The Hall–Kier alpha value is -2.34. The lowest BCUT2D eigenvalue weighted by molar-refractivity contribution is -0.122. The fourth-order valence-corrected chi connectivity index (χ4v) is 4.32. The van der Waals surface area contributed by atoms with E-state index in [0.29, 0.717) is 13.0 Å². The second kappa shape index (κ2) is 7.72. The summed E-state index contributed by atoms with van der Waals surface area (Å²) in [6, 6.07) is 8.33. The number of nitrogens with zero attached hydrogens (tertiary/aromatic N) is 3. The summed E-state index contributed by atoms with van der Waals surface area (Å²) in [6.45, 7) is 6.59. The van der Waals surface area contributed by atoms with Gasteiger partial charge >= 0.3 is 0 Å². The van der Waals surface area contributed by atoms with Crippen LogP contribution in [-0.2, 0) is 24.4 Å². The second-order valence-corrected chi connectivity index (χ2v) is 7.85. The molecule has 6 nitrogen and oxygen atoms in total. The molecule has 0 saturated carbocycles. The van der Waals surface area contributed by atoms with Crippen LogP contribution in [0.3, 0.4) is 0 Å². The number of hydrogen-bond acceptors (Lipinski definition) is 4. The van der Waals surface area contributed by atoms with Crippen molar-refractivity contribution in [2.75, 3.05) is 18.4 Å². The highest BCUT2D eigenvalue weighted by atomic mass is 16.1. The van der Waals surface area contributed by atoms with E-state index in [1.54, 1.807) is 0 Å². The normalized spacial score (nSPS) is 23.7. The summed E-state index contributed by atoms with van der Waals surface area (Å²) < 4.78 is 1.98. The van der Waals surface area contributed by atoms with E-state index in [9.17, 15) is 4.79 Å². The molecule has 2 aliphatic heterocycles. The molecule has 0 aliphatic carbocycles. The van der Waals surface area contributed by atoms with Crippen molar-refractivity contribution in [3.63, 3.8) is 0 Å². The van der Waals surface area contributed by atoms with Gasteiger partial charge in [0.15, 0.2) is 0 Å². The van der Waals surface area contributed by atoms with Gasteiger partial charge in [-0.15, -0.1) is 0 Å². The zero-order chi connectivity index (χ0) is 18.7. The Morgan fingerprint density at radius 1 is 1.22 bits per heavy atom. The second-order valence-electron chi connectivity index (χ2n) is 7.85. The number of carbonyl (C=O) groups excluding carboxylic acids is 1. The van der Waals surface area contributed by atoms with Gasteiger partial charge in [0.1, 0.15) is 0 Å². The molecule has 1 amide bonds. The molecular formula is C21H29N5O. The van der Waals surface area contributed by atoms with Gasteiger partial charge < -0.3 is 10.6 Å². The fraction of sp³-hybridized carbons (Fsp3) is 0.524. The smallest absolute Gasteiger partial charge is 0.222 e. The number of aryl methyl sites for hydroxylation is 1. The van der Waals surface area contributed by atoms with E-state index < -0.39 is 0 Å². The average molecular weight is 367 g/mol. The minimum Gasteiger partial charge on any atom is -0.379 e. The van der Waals surface area contributed by atoms with E-state index >= 15 is 0 Å². The minimum absolute atomic E-state index is 0.148. The monoisotopic (exact) mass is 367 g/mol. The number of fused-ring (bicyclic) bond motifs is 1. The number of benzene rings is 1. The molecular weight excluding hydrogens is 338 g/mol. The number of nitrogens with one attached hydrogen (secondary N) is 2. The molecule has 1 aromatic heterocycles. The number of carbonyl (C=O) groups is 1. The van der Waals surface area contributed by atoms with Crippen molar-refractivity contribution in [2.24, 2.45) is 0 Å². The Labute approximate surface area is 160 Å². The molecule has 1 aromatic carbocycles. The molecule has 2 aliphatic rings. The Balaban J connectivity index is 1.49. The van der Waals surface area contributed by atoms with Crippen molar-refractivity contribution in [3.05, 3.63) is 47.8 Å². The van der Waals surface area contributed by atoms with Crippen LogP contribution in [0.25, 0.3) is 0 Å². The van der Waals surface area contributed by atoms with E-state index in [2.05, 4.69) is 52.0 Å². The molecule has 0 bridgehead atoms. The van der Waals surface area contributed by atoms with Crippen LogP contribution in [0, 0.1) is 0 Å².